The van der Waals surface area contributed by atoms with Crippen LogP contribution < -0.4 is 5.73 Å². The first-order valence-corrected chi connectivity index (χ1v) is 7.18. The molecule has 1 aromatic carbocycles. The number of nitrogens with zero attached hydrogens (tertiary/aromatic N) is 1. The number of aromatic nitrogens is 1. The zero-order valence-electron chi connectivity index (χ0n) is 11.7. The third-order valence-electron chi connectivity index (χ3n) is 4.57. The Hall–Kier alpha value is -1.84. The van der Waals surface area contributed by atoms with Gasteiger partial charge in [0, 0.05) is 5.41 Å². The summed E-state index contributed by atoms with van der Waals surface area (Å²) in [5.41, 5.74) is 8.41. The molecule has 2 N–H and O–H groups in total. The largest absolute Gasteiger partial charge is 0.367 e. The topological polar surface area (TPSA) is 52.0 Å². The lowest BCUT2D eigenvalue weighted by Gasteiger charge is -2.25. The summed E-state index contributed by atoms with van der Waals surface area (Å²) >= 11 is 0. The number of hydrogen-bond acceptors (Lipinski definition) is 3. The van der Waals surface area contributed by atoms with Crippen LogP contribution in [0.1, 0.15) is 44.7 Å². The van der Waals surface area contributed by atoms with Crippen molar-refractivity contribution in [1.29, 1.82) is 0 Å². The van der Waals surface area contributed by atoms with Crippen molar-refractivity contribution in [3.05, 3.63) is 35.8 Å². The van der Waals surface area contributed by atoms with Crippen LogP contribution in [0.15, 0.2) is 28.8 Å². The van der Waals surface area contributed by atoms with Gasteiger partial charge in [-0.2, -0.15) is 0 Å². The molecule has 0 spiro atoms. The van der Waals surface area contributed by atoms with Gasteiger partial charge < -0.3 is 10.3 Å². The van der Waals surface area contributed by atoms with Gasteiger partial charge >= 0.3 is 0 Å². The fourth-order valence-electron chi connectivity index (χ4n) is 3.40. The van der Waals surface area contributed by atoms with Gasteiger partial charge in [-0.3, -0.25) is 0 Å². The zero-order valence-corrected chi connectivity index (χ0v) is 11.7. The minimum atomic E-state index is -0.272. The average molecular weight is 274 g/mol. The van der Waals surface area contributed by atoms with Crippen LogP contribution in [0, 0.1) is 5.82 Å². The quantitative estimate of drug-likeness (QED) is 0.908. The average Bonchev–Trinajstić information content (AvgIpc) is 3.06. The second kappa shape index (κ2) is 4.93. The second-order valence-corrected chi connectivity index (χ2v) is 5.62. The van der Waals surface area contributed by atoms with E-state index in [2.05, 4.69) is 12.1 Å². The number of benzene rings is 1. The molecule has 1 aliphatic carbocycles. The van der Waals surface area contributed by atoms with E-state index in [0.717, 1.165) is 36.1 Å². The lowest BCUT2D eigenvalue weighted by Crippen LogP contribution is -2.22. The maximum Gasteiger partial charge on any atom is 0.230 e. The van der Waals surface area contributed by atoms with E-state index in [4.69, 9.17) is 10.3 Å². The summed E-state index contributed by atoms with van der Waals surface area (Å²) in [5.74, 6) is 0.0105. The van der Waals surface area contributed by atoms with Crippen molar-refractivity contribution in [2.45, 2.75) is 44.4 Å². The standard InChI is InChI=1S/C16H19FN2O/c1-2-16(8-3-4-9-16)14-13(15(18)20-19-14)11-6-5-7-12(17)10-11/h5-7,10H,2-4,8-9,18H2,1H3. The summed E-state index contributed by atoms with van der Waals surface area (Å²) < 4.78 is 18.7. The second-order valence-electron chi connectivity index (χ2n) is 5.62. The first-order valence-electron chi connectivity index (χ1n) is 7.18. The molecule has 0 saturated heterocycles. The predicted octanol–water partition coefficient (Wildman–Crippen LogP) is 4.28. The summed E-state index contributed by atoms with van der Waals surface area (Å²) in [7, 11) is 0. The van der Waals surface area contributed by atoms with Crippen molar-refractivity contribution in [3.63, 3.8) is 0 Å². The van der Waals surface area contributed by atoms with Gasteiger partial charge in [0.05, 0.1) is 11.3 Å². The number of hydrogen-bond donors (Lipinski definition) is 1. The molecule has 0 bridgehead atoms. The number of nitrogen functional groups attached to an aromatic ring is 1. The molecule has 20 heavy (non-hydrogen) atoms. The third kappa shape index (κ3) is 1.99. The Balaban J connectivity index is 2.15. The molecule has 1 saturated carbocycles. The molecule has 1 aliphatic rings. The molecule has 106 valence electrons. The van der Waals surface area contributed by atoms with Crippen molar-refractivity contribution < 1.29 is 8.91 Å². The van der Waals surface area contributed by atoms with Crippen LogP contribution in [0.3, 0.4) is 0 Å². The van der Waals surface area contributed by atoms with E-state index < -0.39 is 0 Å². The van der Waals surface area contributed by atoms with Crippen molar-refractivity contribution in [3.8, 4) is 11.1 Å². The minimum Gasteiger partial charge on any atom is -0.367 e. The Labute approximate surface area is 118 Å². The van der Waals surface area contributed by atoms with Crippen molar-refractivity contribution >= 4 is 5.88 Å². The molecule has 0 amide bonds. The van der Waals surface area contributed by atoms with Crippen LogP contribution in [-0.2, 0) is 5.41 Å². The highest BCUT2D eigenvalue weighted by Crippen LogP contribution is 2.48. The fraction of sp³-hybridized carbons (Fsp3) is 0.438. The van der Waals surface area contributed by atoms with E-state index in [0.29, 0.717) is 0 Å². The first kappa shape index (κ1) is 13.2. The summed E-state index contributed by atoms with van der Waals surface area (Å²) in [5, 5.41) is 4.22. The van der Waals surface area contributed by atoms with Crippen LogP contribution >= 0.6 is 0 Å². The van der Waals surface area contributed by atoms with Gasteiger partial charge in [0.25, 0.3) is 0 Å². The smallest absolute Gasteiger partial charge is 0.230 e. The molecule has 3 nitrogen and oxygen atoms in total. The Morgan fingerprint density at radius 1 is 1.35 bits per heavy atom. The monoisotopic (exact) mass is 274 g/mol. The van der Waals surface area contributed by atoms with Crippen LogP contribution in [0.5, 0.6) is 0 Å². The normalized spacial score (nSPS) is 17.5. The molecule has 0 atom stereocenters. The summed E-state index contributed by atoms with van der Waals surface area (Å²) in [6, 6.07) is 6.46. The number of nitrogens with two attached hydrogens (primary N) is 1. The van der Waals surface area contributed by atoms with E-state index in [1.54, 1.807) is 6.07 Å². The Morgan fingerprint density at radius 3 is 2.75 bits per heavy atom. The summed E-state index contributed by atoms with van der Waals surface area (Å²) in [6.07, 6.45) is 5.59. The van der Waals surface area contributed by atoms with Crippen LogP contribution in [0.2, 0.25) is 0 Å². The first-order chi connectivity index (χ1) is 9.66. The van der Waals surface area contributed by atoms with Gasteiger partial charge in [-0.05, 0) is 37.0 Å². The maximum atomic E-state index is 13.5. The lowest BCUT2D eigenvalue weighted by molar-refractivity contribution is 0.361. The van der Waals surface area contributed by atoms with E-state index in [1.165, 1.54) is 25.0 Å². The SMILES string of the molecule is CCC1(c2noc(N)c2-c2cccc(F)c2)CCCC1. The maximum absolute atomic E-state index is 13.5. The van der Waals surface area contributed by atoms with Gasteiger partial charge in [-0.25, -0.2) is 4.39 Å². The summed E-state index contributed by atoms with van der Waals surface area (Å²) in [6.45, 7) is 2.17. The van der Waals surface area contributed by atoms with E-state index >= 15 is 0 Å². The highest BCUT2D eigenvalue weighted by molar-refractivity contribution is 5.76. The van der Waals surface area contributed by atoms with Crippen LogP contribution in [0.25, 0.3) is 11.1 Å². The lowest BCUT2D eigenvalue weighted by atomic mass is 9.77. The highest BCUT2D eigenvalue weighted by atomic mass is 19.1. The predicted molar refractivity (Wildman–Crippen MR) is 76.7 cm³/mol. The van der Waals surface area contributed by atoms with Gasteiger partial charge in [0.15, 0.2) is 0 Å². The molecule has 0 unspecified atom stereocenters. The summed E-state index contributed by atoms with van der Waals surface area (Å²) in [4.78, 5) is 0. The number of halogens is 1. The molecule has 4 heteroatoms. The Bertz CT molecular complexity index is 615. The van der Waals surface area contributed by atoms with E-state index in [-0.39, 0.29) is 17.1 Å². The molecule has 1 aromatic heterocycles. The molecule has 1 fully saturated rings. The zero-order chi connectivity index (χ0) is 14.2. The van der Waals surface area contributed by atoms with Gasteiger partial charge in [0.1, 0.15) is 5.82 Å². The molecule has 1 heterocycles. The molecule has 0 radical (unpaired) electrons. The molecule has 3 rings (SSSR count). The molecule has 2 aromatic rings. The van der Waals surface area contributed by atoms with E-state index in [9.17, 15) is 4.39 Å². The van der Waals surface area contributed by atoms with Gasteiger partial charge in [0.2, 0.25) is 5.88 Å². The minimum absolute atomic E-state index is 0.0305. The van der Waals surface area contributed by atoms with Crippen molar-refractivity contribution in [2.75, 3.05) is 5.73 Å². The number of anilines is 1. The van der Waals surface area contributed by atoms with Crippen molar-refractivity contribution in [1.82, 2.24) is 5.16 Å². The highest BCUT2D eigenvalue weighted by Gasteiger charge is 2.39. The molecular weight excluding hydrogens is 255 g/mol. The van der Waals surface area contributed by atoms with Crippen molar-refractivity contribution in [2.24, 2.45) is 0 Å². The van der Waals surface area contributed by atoms with Crippen LogP contribution in [-0.4, -0.2) is 5.16 Å². The number of rotatable bonds is 3. The van der Waals surface area contributed by atoms with E-state index in [1.807, 2.05) is 6.07 Å². The fourth-order valence-corrected chi connectivity index (χ4v) is 3.40. The van der Waals surface area contributed by atoms with Gasteiger partial charge in [-0.1, -0.05) is 37.1 Å². The Kier molecular flexibility index (Phi) is 3.24. The van der Waals surface area contributed by atoms with Gasteiger partial charge in [-0.15, -0.1) is 0 Å². The Morgan fingerprint density at radius 2 is 2.10 bits per heavy atom. The molecule has 0 aliphatic heterocycles. The third-order valence-corrected chi connectivity index (χ3v) is 4.57. The van der Waals surface area contributed by atoms with Crippen LogP contribution in [0.4, 0.5) is 10.3 Å². The molecular formula is C16H19FN2O.